The van der Waals surface area contributed by atoms with E-state index in [4.69, 9.17) is 15.2 Å². The molecule has 2 N–H and O–H groups in total. The number of methoxy groups -OCH3 is 1. The summed E-state index contributed by atoms with van der Waals surface area (Å²) in [6, 6.07) is 7.69. The minimum atomic E-state index is -0.0770. The van der Waals surface area contributed by atoms with Crippen LogP contribution in [-0.4, -0.2) is 50.5 Å². The maximum Gasteiger partial charge on any atom is 0.246 e. The van der Waals surface area contributed by atoms with Crippen molar-refractivity contribution in [1.82, 2.24) is 24.4 Å². The van der Waals surface area contributed by atoms with E-state index in [0.717, 1.165) is 39.0 Å². The van der Waals surface area contributed by atoms with Crippen molar-refractivity contribution in [2.45, 2.75) is 13.3 Å². The number of nitrogens with two attached hydrogens (primary N) is 1. The van der Waals surface area contributed by atoms with Crippen LogP contribution in [0.3, 0.4) is 0 Å². The molecular weight excluding hydrogens is 468 g/mol. The minimum Gasteiger partial charge on any atom is -0.493 e. The molecule has 4 heterocycles. The van der Waals surface area contributed by atoms with Gasteiger partial charge in [0.25, 0.3) is 0 Å². The number of amides is 1. The predicted molar refractivity (Wildman–Crippen MR) is 143 cm³/mol. The van der Waals surface area contributed by atoms with E-state index >= 15 is 0 Å². The van der Waals surface area contributed by atoms with E-state index < -0.39 is 0 Å². The molecule has 1 aromatic carbocycles. The molecular formula is C28H28N6O3. The van der Waals surface area contributed by atoms with Crippen molar-refractivity contribution in [1.29, 1.82) is 0 Å². The second-order valence-corrected chi connectivity index (χ2v) is 8.87. The van der Waals surface area contributed by atoms with Crippen molar-refractivity contribution in [2.24, 2.45) is 7.05 Å². The summed E-state index contributed by atoms with van der Waals surface area (Å²) in [5, 5.41) is 0.768. The normalized spacial score (nSPS) is 13.4. The standard InChI is InChI=1S/C28H28N6O3/c1-5-23(35)34-10-8-18(9-11-34)26-24(25-27(29)31-16-32-28(25)33(26)3)19-6-7-21(22(13-19)36-4)37-20-12-17(2)14-30-15-20/h5-8,12-16H,1,9-11H2,2-4H3,(H2,29,31,32). The number of aryl methyl sites for hydroxylation is 2. The lowest BCUT2D eigenvalue weighted by Gasteiger charge is -2.26. The molecule has 0 saturated heterocycles. The highest BCUT2D eigenvalue weighted by molar-refractivity contribution is 6.06. The van der Waals surface area contributed by atoms with Gasteiger partial charge in [-0.15, -0.1) is 0 Å². The number of hydrogen-bond acceptors (Lipinski definition) is 7. The van der Waals surface area contributed by atoms with Crippen LogP contribution in [0.15, 0.2) is 61.7 Å². The van der Waals surface area contributed by atoms with Crippen LogP contribution in [0.1, 0.15) is 17.7 Å². The summed E-state index contributed by atoms with van der Waals surface area (Å²) in [4.78, 5) is 26.9. The van der Waals surface area contributed by atoms with Crippen molar-refractivity contribution in [2.75, 3.05) is 25.9 Å². The van der Waals surface area contributed by atoms with Gasteiger partial charge in [0.1, 0.15) is 23.5 Å². The van der Waals surface area contributed by atoms with Crippen molar-refractivity contribution < 1.29 is 14.3 Å². The summed E-state index contributed by atoms with van der Waals surface area (Å²) in [7, 11) is 3.58. The number of ether oxygens (including phenoxy) is 2. The first-order valence-corrected chi connectivity index (χ1v) is 11.9. The lowest BCUT2D eigenvalue weighted by atomic mass is 9.95. The van der Waals surface area contributed by atoms with Crippen molar-refractivity contribution in [3.63, 3.8) is 0 Å². The fourth-order valence-electron chi connectivity index (χ4n) is 4.76. The number of anilines is 1. The molecule has 1 amide bonds. The first-order valence-electron chi connectivity index (χ1n) is 11.9. The highest BCUT2D eigenvalue weighted by Crippen LogP contribution is 2.43. The molecule has 3 aromatic heterocycles. The Hall–Kier alpha value is -4.66. The summed E-state index contributed by atoms with van der Waals surface area (Å²) >= 11 is 0. The van der Waals surface area contributed by atoms with E-state index in [1.165, 1.54) is 12.4 Å². The van der Waals surface area contributed by atoms with Gasteiger partial charge in [-0.2, -0.15) is 0 Å². The monoisotopic (exact) mass is 496 g/mol. The van der Waals surface area contributed by atoms with Crippen LogP contribution in [0.25, 0.3) is 27.7 Å². The first-order chi connectivity index (χ1) is 17.9. The van der Waals surface area contributed by atoms with Gasteiger partial charge in [-0.25, -0.2) is 9.97 Å². The Labute approximate surface area is 214 Å². The Morgan fingerprint density at radius 3 is 2.73 bits per heavy atom. The largest absolute Gasteiger partial charge is 0.493 e. The molecule has 0 aliphatic carbocycles. The molecule has 1 aliphatic rings. The summed E-state index contributed by atoms with van der Waals surface area (Å²) < 4.78 is 13.8. The smallest absolute Gasteiger partial charge is 0.246 e. The molecule has 0 bridgehead atoms. The van der Waals surface area contributed by atoms with Crippen LogP contribution in [0, 0.1) is 6.92 Å². The SMILES string of the molecule is C=CC(=O)N1CC=C(c2c(-c3ccc(Oc4cncc(C)c4)c(OC)c3)c3c(N)ncnc3n2C)CC1. The van der Waals surface area contributed by atoms with Gasteiger partial charge in [-0.05, 0) is 54.3 Å². The number of fused-ring (bicyclic) bond motifs is 1. The molecule has 9 heteroatoms. The zero-order valence-corrected chi connectivity index (χ0v) is 21.1. The molecule has 0 spiro atoms. The number of benzene rings is 1. The maximum atomic E-state index is 12.1. The Kier molecular flexibility index (Phi) is 6.35. The van der Waals surface area contributed by atoms with Crippen molar-refractivity contribution in [3.05, 3.63) is 73.0 Å². The quantitative estimate of drug-likeness (QED) is 0.391. The zero-order valence-electron chi connectivity index (χ0n) is 21.1. The number of aromatic nitrogens is 4. The third-order valence-corrected chi connectivity index (χ3v) is 6.53. The van der Waals surface area contributed by atoms with Crippen molar-refractivity contribution in [3.8, 4) is 28.4 Å². The number of pyridine rings is 1. The van der Waals surface area contributed by atoms with Crippen LogP contribution >= 0.6 is 0 Å². The number of nitrogen functional groups attached to an aromatic ring is 1. The van der Waals surface area contributed by atoms with Gasteiger partial charge in [0.2, 0.25) is 5.91 Å². The zero-order chi connectivity index (χ0) is 26.1. The summed E-state index contributed by atoms with van der Waals surface area (Å²) in [6.07, 6.45) is 9.01. The Bertz CT molecular complexity index is 1560. The summed E-state index contributed by atoms with van der Waals surface area (Å²) in [5.41, 5.74) is 12.0. The summed E-state index contributed by atoms with van der Waals surface area (Å²) in [5.74, 6) is 2.08. The second-order valence-electron chi connectivity index (χ2n) is 8.87. The van der Waals surface area contributed by atoms with Gasteiger partial charge in [0.15, 0.2) is 11.5 Å². The number of carbonyl (C=O) groups is 1. The molecule has 0 atom stereocenters. The van der Waals surface area contributed by atoms with Crippen LogP contribution in [0.2, 0.25) is 0 Å². The first kappa shape index (κ1) is 24.1. The predicted octanol–water partition coefficient (Wildman–Crippen LogP) is 4.52. The van der Waals surface area contributed by atoms with Crippen LogP contribution in [0.5, 0.6) is 17.2 Å². The molecule has 0 unspecified atom stereocenters. The third kappa shape index (κ3) is 4.40. The van der Waals surface area contributed by atoms with E-state index in [1.807, 2.05) is 42.8 Å². The van der Waals surface area contributed by atoms with E-state index in [9.17, 15) is 4.79 Å². The topological polar surface area (TPSA) is 108 Å². The lowest BCUT2D eigenvalue weighted by Crippen LogP contribution is -2.33. The molecule has 0 radical (unpaired) electrons. The van der Waals surface area contributed by atoms with Gasteiger partial charge in [0.05, 0.1) is 24.4 Å². The molecule has 188 valence electrons. The Morgan fingerprint density at radius 1 is 1.19 bits per heavy atom. The van der Waals surface area contributed by atoms with Gasteiger partial charge in [-0.3, -0.25) is 9.78 Å². The second kappa shape index (κ2) is 9.77. The fourth-order valence-corrected chi connectivity index (χ4v) is 4.76. The van der Waals surface area contributed by atoms with E-state index in [0.29, 0.717) is 42.6 Å². The molecule has 0 fully saturated rings. The third-order valence-electron chi connectivity index (χ3n) is 6.53. The maximum absolute atomic E-state index is 12.1. The van der Waals surface area contributed by atoms with Gasteiger partial charge in [-0.1, -0.05) is 18.7 Å². The highest BCUT2D eigenvalue weighted by atomic mass is 16.5. The lowest BCUT2D eigenvalue weighted by molar-refractivity contribution is -0.125. The van der Waals surface area contributed by atoms with Gasteiger partial charge in [0, 0.05) is 31.9 Å². The molecule has 4 aromatic rings. The summed E-state index contributed by atoms with van der Waals surface area (Å²) in [6.45, 7) is 6.66. The fraction of sp³-hybridized carbons (Fsp3) is 0.214. The average molecular weight is 497 g/mol. The van der Waals surface area contributed by atoms with Crippen molar-refractivity contribution >= 4 is 28.3 Å². The Balaban J connectivity index is 1.64. The molecule has 37 heavy (non-hydrogen) atoms. The van der Waals surface area contributed by atoms with Crippen LogP contribution in [-0.2, 0) is 11.8 Å². The number of rotatable bonds is 6. The molecule has 0 saturated carbocycles. The van der Waals surface area contributed by atoms with Gasteiger partial charge >= 0.3 is 0 Å². The van der Waals surface area contributed by atoms with Gasteiger partial charge < -0.3 is 24.7 Å². The molecule has 5 rings (SSSR count). The molecule has 1 aliphatic heterocycles. The van der Waals surface area contributed by atoms with E-state index in [-0.39, 0.29) is 5.91 Å². The Morgan fingerprint density at radius 2 is 2.03 bits per heavy atom. The van der Waals surface area contributed by atoms with Crippen LogP contribution in [0.4, 0.5) is 5.82 Å². The average Bonchev–Trinajstić information content (AvgIpc) is 3.22. The minimum absolute atomic E-state index is 0.0770. The number of carbonyl (C=O) groups excluding carboxylic acids is 1. The molecule has 9 nitrogen and oxygen atoms in total. The highest BCUT2D eigenvalue weighted by Gasteiger charge is 2.26. The number of nitrogens with zero attached hydrogens (tertiary/aromatic N) is 5. The van der Waals surface area contributed by atoms with Crippen LogP contribution < -0.4 is 15.2 Å². The van der Waals surface area contributed by atoms with E-state index in [2.05, 4.69) is 27.6 Å². The van der Waals surface area contributed by atoms with E-state index in [1.54, 1.807) is 24.4 Å². The number of hydrogen-bond donors (Lipinski definition) is 1.